The van der Waals surface area contributed by atoms with E-state index in [9.17, 15) is 9.59 Å². The summed E-state index contributed by atoms with van der Waals surface area (Å²) in [5.74, 6) is -0.120. The molecule has 7 heteroatoms. The second kappa shape index (κ2) is 6.19. The number of thioether (sulfide) groups is 1. The largest absolute Gasteiger partial charge is 0.466 e. The third-order valence-corrected chi connectivity index (χ3v) is 5.21. The Bertz CT molecular complexity index is 587. The maximum absolute atomic E-state index is 12.0. The lowest BCUT2D eigenvalue weighted by Gasteiger charge is -2.16. The quantitative estimate of drug-likeness (QED) is 0.631. The average Bonchev–Trinajstić information content (AvgIpc) is 3.00. The Morgan fingerprint density at radius 1 is 1.52 bits per heavy atom. The van der Waals surface area contributed by atoms with E-state index in [0.29, 0.717) is 17.3 Å². The van der Waals surface area contributed by atoms with Crippen LogP contribution in [-0.4, -0.2) is 34.6 Å². The van der Waals surface area contributed by atoms with Gasteiger partial charge in [-0.05, 0) is 0 Å². The number of esters is 1. The number of carbonyl (C=O) groups is 2. The summed E-state index contributed by atoms with van der Waals surface area (Å²) in [6, 6.07) is 0. The zero-order valence-electron chi connectivity index (χ0n) is 12.5. The molecule has 114 valence electrons. The molecule has 1 aliphatic rings. The van der Waals surface area contributed by atoms with Gasteiger partial charge in [-0.1, -0.05) is 32.5 Å². The lowest BCUT2D eigenvalue weighted by atomic mass is 9.98. The summed E-state index contributed by atoms with van der Waals surface area (Å²) >= 11 is 2.94. The van der Waals surface area contributed by atoms with Crippen LogP contribution >= 0.6 is 23.1 Å². The first-order chi connectivity index (χ1) is 9.81. The van der Waals surface area contributed by atoms with Gasteiger partial charge in [0.15, 0.2) is 0 Å². The predicted octanol–water partition coefficient (Wildman–Crippen LogP) is 2.53. The Kier molecular flexibility index (Phi) is 4.73. The molecule has 2 heterocycles. The minimum absolute atomic E-state index is 0.00261. The van der Waals surface area contributed by atoms with E-state index in [1.165, 1.54) is 24.9 Å². The molecule has 0 spiro atoms. The van der Waals surface area contributed by atoms with Crippen LogP contribution in [0.15, 0.2) is 16.5 Å². The van der Waals surface area contributed by atoms with Crippen molar-refractivity contribution < 1.29 is 14.3 Å². The van der Waals surface area contributed by atoms with Gasteiger partial charge in [0.1, 0.15) is 0 Å². The lowest BCUT2D eigenvalue weighted by Crippen LogP contribution is -2.24. The fourth-order valence-corrected chi connectivity index (χ4v) is 3.57. The summed E-state index contributed by atoms with van der Waals surface area (Å²) in [5.41, 5.74) is 0.841. The normalized spacial score (nSPS) is 17.6. The minimum atomic E-state index is -0.453. The van der Waals surface area contributed by atoms with E-state index in [1.807, 2.05) is 5.38 Å². The first kappa shape index (κ1) is 16.0. The van der Waals surface area contributed by atoms with E-state index in [-0.39, 0.29) is 11.3 Å². The van der Waals surface area contributed by atoms with Crippen LogP contribution in [0.3, 0.4) is 0 Å². The highest BCUT2D eigenvalue weighted by Gasteiger charge is 2.28. The van der Waals surface area contributed by atoms with Crippen molar-refractivity contribution in [3.63, 3.8) is 0 Å². The number of carbonyl (C=O) groups excluding carboxylic acids is 2. The van der Waals surface area contributed by atoms with Gasteiger partial charge in [-0.3, -0.25) is 9.69 Å². The van der Waals surface area contributed by atoms with E-state index in [1.54, 1.807) is 16.2 Å². The molecule has 1 amide bonds. The van der Waals surface area contributed by atoms with E-state index in [2.05, 4.69) is 30.5 Å². The van der Waals surface area contributed by atoms with Crippen LogP contribution in [0.4, 0.5) is 0 Å². The molecule has 2 rings (SSSR count). The molecule has 1 aliphatic heterocycles. The molecule has 1 fully saturated rings. The minimum Gasteiger partial charge on any atom is -0.466 e. The van der Waals surface area contributed by atoms with Crippen molar-refractivity contribution >= 4 is 35.0 Å². The van der Waals surface area contributed by atoms with Crippen molar-refractivity contribution in [1.82, 2.24) is 9.88 Å². The van der Waals surface area contributed by atoms with E-state index in [4.69, 9.17) is 0 Å². The standard InChI is InChI=1S/C14H18N2O3S2/c1-14(2,3)13-15-9(7-21-13)6-16-10(17)8-20-11(16)5-12(18)19-4/h5,7H,6,8H2,1-4H3/b11-5+. The molecule has 1 aromatic rings. The van der Waals surface area contributed by atoms with Crippen LogP contribution in [0.25, 0.3) is 0 Å². The fraction of sp³-hybridized carbons (Fsp3) is 0.500. The van der Waals surface area contributed by atoms with Gasteiger partial charge >= 0.3 is 5.97 Å². The molecule has 21 heavy (non-hydrogen) atoms. The smallest absolute Gasteiger partial charge is 0.333 e. The Labute approximate surface area is 132 Å². The van der Waals surface area contributed by atoms with Crippen LogP contribution in [0.5, 0.6) is 0 Å². The number of ether oxygens (including phenoxy) is 1. The number of aromatic nitrogens is 1. The Hall–Kier alpha value is -1.34. The third kappa shape index (κ3) is 3.85. The number of hydrogen-bond acceptors (Lipinski definition) is 6. The Morgan fingerprint density at radius 2 is 2.24 bits per heavy atom. The maximum atomic E-state index is 12.0. The first-order valence-corrected chi connectivity index (χ1v) is 8.35. The van der Waals surface area contributed by atoms with Crippen molar-refractivity contribution in [2.45, 2.75) is 32.7 Å². The Morgan fingerprint density at radius 3 is 2.81 bits per heavy atom. The van der Waals surface area contributed by atoms with Gasteiger partial charge in [0.2, 0.25) is 5.91 Å². The summed E-state index contributed by atoms with van der Waals surface area (Å²) in [5, 5.41) is 3.62. The highest BCUT2D eigenvalue weighted by Crippen LogP contribution is 2.32. The number of hydrogen-bond donors (Lipinski definition) is 0. The number of nitrogens with zero attached hydrogens (tertiary/aromatic N) is 2. The van der Waals surface area contributed by atoms with Gasteiger partial charge in [0, 0.05) is 10.8 Å². The number of rotatable bonds is 3. The van der Waals surface area contributed by atoms with Crippen molar-refractivity contribution in [1.29, 1.82) is 0 Å². The van der Waals surface area contributed by atoms with Crippen molar-refractivity contribution in [2.75, 3.05) is 12.9 Å². The topological polar surface area (TPSA) is 59.5 Å². The number of thiazole rings is 1. The van der Waals surface area contributed by atoms with Crippen molar-refractivity contribution in [3.05, 3.63) is 27.2 Å². The van der Waals surface area contributed by atoms with Gasteiger partial charge in [-0.25, -0.2) is 9.78 Å². The average molecular weight is 326 g/mol. The van der Waals surface area contributed by atoms with Crippen LogP contribution in [0.2, 0.25) is 0 Å². The van der Waals surface area contributed by atoms with Crippen molar-refractivity contribution in [3.8, 4) is 0 Å². The van der Waals surface area contributed by atoms with Gasteiger partial charge in [-0.15, -0.1) is 11.3 Å². The molecule has 0 bridgehead atoms. The van der Waals surface area contributed by atoms with Gasteiger partial charge in [-0.2, -0.15) is 0 Å². The van der Waals surface area contributed by atoms with E-state index < -0.39 is 5.97 Å². The molecule has 1 aromatic heterocycles. The number of amides is 1. The second-order valence-corrected chi connectivity index (χ2v) is 7.52. The second-order valence-electron chi connectivity index (χ2n) is 5.67. The van der Waals surface area contributed by atoms with Gasteiger partial charge in [0.25, 0.3) is 0 Å². The first-order valence-electron chi connectivity index (χ1n) is 6.49. The summed E-state index contributed by atoms with van der Waals surface area (Å²) in [6.45, 7) is 6.71. The van der Waals surface area contributed by atoms with Crippen LogP contribution < -0.4 is 0 Å². The molecular formula is C14H18N2O3S2. The van der Waals surface area contributed by atoms with Crippen LogP contribution in [-0.2, 0) is 26.3 Å². The monoisotopic (exact) mass is 326 g/mol. The fourth-order valence-electron chi connectivity index (χ4n) is 1.75. The Balaban J connectivity index is 2.16. The molecule has 1 saturated heterocycles. The van der Waals surface area contributed by atoms with Gasteiger partial charge in [0.05, 0.1) is 41.2 Å². The van der Waals surface area contributed by atoms with Crippen LogP contribution in [0, 0.1) is 0 Å². The van der Waals surface area contributed by atoms with Gasteiger partial charge < -0.3 is 4.74 Å². The highest BCUT2D eigenvalue weighted by molar-refractivity contribution is 8.04. The molecule has 0 aliphatic carbocycles. The van der Waals surface area contributed by atoms with Crippen molar-refractivity contribution in [2.24, 2.45) is 0 Å². The predicted molar refractivity (Wildman–Crippen MR) is 83.9 cm³/mol. The molecule has 0 aromatic carbocycles. The molecular weight excluding hydrogens is 308 g/mol. The summed E-state index contributed by atoms with van der Waals surface area (Å²) in [7, 11) is 1.32. The zero-order valence-corrected chi connectivity index (χ0v) is 14.1. The number of methoxy groups -OCH3 is 1. The zero-order chi connectivity index (χ0) is 15.6. The summed E-state index contributed by atoms with van der Waals surface area (Å²) in [6.07, 6.45) is 1.35. The molecule has 5 nitrogen and oxygen atoms in total. The van der Waals surface area contributed by atoms with E-state index >= 15 is 0 Å². The van der Waals surface area contributed by atoms with Crippen LogP contribution in [0.1, 0.15) is 31.5 Å². The maximum Gasteiger partial charge on any atom is 0.333 e. The third-order valence-electron chi connectivity index (χ3n) is 2.87. The molecule has 0 saturated carbocycles. The summed E-state index contributed by atoms with van der Waals surface area (Å²) in [4.78, 5) is 29.5. The van der Waals surface area contributed by atoms with E-state index in [0.717, 1.165) is 10.7 Å². The molecule has 0 radical (unpaired) electrons. The highest BCUT2D eigenvalue weighted by atomic mass is 32.2. The molecule has 0 atom stereocenters. The summed E-state index contributed by atoms with van der Waals surface area (Å²) < 4.78 is 4.61. The SMILES string of the molecule is COC(=O)/C=C1/SCC(=O)N1Cc1csc(C(C)(C)C)n1. The molecule has 0 unspecified atom stereocenters. The molecule has 0 N–H and O–H groups in total. The lowest BCUT2D eigenvalue weighted by molar-refractivity contribution is -0.134.